The van der Waals surface area contributed by atoms with Crippen LogP contribution in [0.15, 0.2) is 28.8 Å². The van der Waals surface area contributed by atoms with Crippen molar-refractivity contribution in [2.75, 3.05) is 5.32 Å². The van der Waals surface area contributed by atoms with E-state index in [0.717, 1.165) is 18.2 Å². The number of amides is 1. The van der Waals surface area contributed by atoms with Crippen LogP contribution >= 0.6 is 0 Å². The second kappa shape index (κ2) is 4.79. The molecule has 0 aliphatic rings. The molecule has 0 unspecified atom stereocenters. The monoisotopic (exact) mass is 218 g/mol. The van der Waals surface area contributed by atoms with Gasteiger partial charge in [0, 0.05) is 6.42 Å². The molecule has 0 saturated carbocycles. The summed E-state index contributed by atoms with van der Waals surface area (Å²) in [6.07, 6.45) is 2.42. The zero-order valence-corrected chi connectivity index (χ0v) is 9.19. The molecular formula is C12H14N2O2. The van der Waals surface area contributed by atoms with Gasteiger partial charge in [-0.3, -0.25) is 4.79 Å². The molecule has 1 aromatic heterocycles. The van der Waals surface area contributed by atoms with Crippen LogP contribution in [0, 0.1) is 0 Å². The second-order valence-corrected chi connectivity index (χ2v) is 3.68. The Morgan fingerprint density at radius 2 is 2.25 bits per heavy atom. The molecule has 1 heterocycles. The number of aromatic nitrogens is 1. The van der Waals surface area contributed by atoms with Crippen molar-refractivity contribution in [1.82, 2.24) is 5.16 Å². The molecule has 16 heavy (non-hydrogen) atoms. The van der Waals surface area contributed by atoms with Crippen molar-refractivity contribution in [2.24, 2.45) is 0 Å². The van der Waals surface area contributed by atoms with Crippen LogP contribution < -0.4 is 5.32 Å². The number of carbonyl (C=O) groups is 1. The van der Waals surface area contributed by atoms with Crippen LogP contribution in [0.25, 0.3) is 11.0 Å². The minimum atomic E-state index is -0.0131. The van der Waals surface area contributed by atoms with Gasteiger partial charge < -0.3 is 9.84 Å². The minimum Gasteiger partial charge on any atom is -0.354 e. The van der Waals surface area contributed by atoms with E-state index in [1.54, 1.807) is 0 Å². The lowest BCUT2D eigenvalue weighted by molar-refractivity contribution is -0.116. The Morgan fingerprint density at radius 1 is 1.44 bits per heavy atom. The van der Waals surface area contributed by atoms with Gasteiger partial charge >= 0.3 is 0 Å². The minimum absolute atomic E-state index is 0.0131. The molecule has 4 heteroatoms. The Labute approximate surface area is 93.6 Å². The second-order valence-electron chi connectivity index (χ2n) is 3.68. The lowest BCUT2D eigenvalue weighted by Gasteiger charge is -1.99. The van der Waals surface area contributed by atoms with Crippen LogP contribution in [-0.4, -0.2) is 11.1 Å². The quantitative estimate of drug-likeness (QED) is 0.858. The molecule has 1 aromatic carbocycles. The molecule has 0 spiro atoms. The highest BCUT2D eigenvalue weighted by Gasteiger charge is 2.09. The molecule has 0 radical (unpaired) electrons. The third-order valence-corrected chi connectivity index (χ3v) is 2.39. The highest BCUT2D eigenvalue weighted by atomic mass is 16.5. The fourth-order valence-corrected chi connectivity index (χ4v) is 1.51. The van der Waals surface area contributed by atoms with Gasteiger partial charge in [-0.1, -0.05) is 30.6 Å². The van der Waals surface area contributed by atoms with Crippen molar-refractivity contribution in [2.45, 2.75) is 26.2 Å². The number of anilines is 1. The third-order valence-electron chi connectivity index (χ3n) is 2.39. The van der Waals surface area contributed by atoms with Crippen molar-refractivity contribution in [3.05, 3.63) is 24.3 Å². The van der Waals surface area contributed by atoms with Gasteiger partial charge in [0.25, 0.3) is 0 Å². The summed E-state index contributed by atoms with van der Waals surface area (Å²) in [5.41, 5.74) is 0.688. The largest absolute Gasteiger partial charge is 0.354 e. The molecule has 1 amide bonds. The van der Waals surface area contributed by atoms with E-state index in [1.807, 2.05) is 24.3 Å². The van der Waals surface area contributed by atoms with Crippen LogP contribution in [0.4, 0.5) is 5.82 Å². The maximum Gasteiger partial charge on any atom is 0.225 e. The van der Waals surface area contributed by atoms with Gasteiger partial charge in [-0.15, -0.1) is 0 Å². The van der Waals surface area contributed by atoms with Gasteiger partial charge in [-0.2, -0.15) is 0 Å². The molecule has 84 valence electrons. The zero-order chi connectivity index (χ0) is 11.4. The maximum atomic E-state index is 11.5. The van der Waals surface area contributed by atoms with Gasteiger partial charge in [0.2, 0.25) is 5.91 Å². The number of carbonyl (C=O) groups excluding carboxylic acids is 1. The van der Waals surface area contributed by atoms with Gasteiger partial charge in [0.05, 0.1) is 5.39 Å². The SMILES string of the molecule is CCCCC(=O)Nc1noc2ccccc12. The summed E-state index contributed by atoms with van der Waals surface area (Å²) in [7, 11) is 0. The number of nitrogens with zero attached hydrogens (tertiary/aromatic N) is 1. The first-order chi connectivity index (χ1) is 7.81. The van der Waals surface area contributed by atoms with E-state index < -0.39 is 0 Å². The van der Waals surface area contributed by atoms with Gasteiger partial charge in [0.1, 0.15) is 0 Å². The molecule has 0 saturated heterocycles. The summed E-state index contributed by atoms with van der Waals surface area (Å²) in [5.74, 6) is 0.498. The topological polar surface area (TPSA) is 55.1 Å². The van der Waals surface area contributed by atoms with E-state index in [-0.39, 0.29) is 5.91 Å². The maximum absolute atomic E-state index is 11.5. The normalized spacial score (nSPS) is 10.6. The molecule has 0 atom stereocenters. The average Bonchev–Trinajstić information content (AvgIpc) is 2.70. The van der Waals surface area contributed by atoms with Crippen molar-refractivity contribution < 1.29 is 9.32 Å². The first kappa shape index (κ1) is 10.7. The summed E-state index contributed by atoms with van der Waals surface area (Å²) in [6, 6.07) is 7.46. The lowest BCUT2D eigenvalue weighted by atomic mass is 10.2. The van der Waals surface area contributed by atoms with Gasteiger partial charge in [0.15, 0.2) is 11.4 Å². The number of nitrogens with one attached hydrogen (secondary N) is 1. The van der Waals surface area contributed by atoms with E-state index in [1.165, 1.54) is 0 Å². The summed E-state index contributed by atoms with van der Waals surface area (Å²) in [5, 5.41) is 7.43. The highest BCUT2D eigenvalue weighted by Crippen LogP contribution is 2.22. The van der Waals surface area contributed by atoms with Crippen molar-refractivity contribution in [1.29, 1.82) is 0 Å². The predicted molar refractivity (Wildman–Crippen MR) is 62.2 cm³/mol. The van der Waals surface area contributed by atoms with Crippen LogP contribution in [0.1, 0.15) is 26.2 Å². The number of benzene rings is 1. The van der Waals surface area contributed by atoms with Crippen LogP contribution in [0.2, 0.25) is 0 Å². The smallest absolute Gasteiger partial charge is 0.225 e. The van der Waals surface area contributed by atoms with Crippen LogP contribution in [-0.2, 0) is 4.79 Å². The molecule has 2 rings (SSSR count). The fraction of sp³-hybridized carbons (Fsp3) is 0.333. The van der Waals surface area contributed by atoms with Crippen LogP contribution in [0.5, 0.6) is 0 Å². The zero-order valence-electron chi connectivity index (χ0n) is 9.19. The van der Waals surface area contributed by atoms with Gasteiger partial charge in [-0.05, 0) is 18.6 Å². The summed E-state index contributed by atoms with van der Waals surface area (Å²) >= 11 is 0. The fourth-order valence-electron chi connectivity index (χ4n) is 1.51. The number of hydrogen-bond donors (Lipinski definition) is 1. The number of fused-ring (bicyclic) bond motifs is 1. The Bertz CT molecular complexity index is 490. The Balaban J connectivity index is 2.12. The molecule has 1 N–H and O–H groups in total. The number of para-hydroxylation sites is 1. The van der Waals surface area contributed by atoms with E-state index >= 15 is 0 Å². The number of rotatable bonds is 4. The van der Waals surface area contributed by atoms with E-state index in [0.29, 0.717) is 17.8 Å². The van der Waals surface area contributed by atoms with Crippen molar-refractivity contribution in [3.63, 3.8) is 0 Å². The summed E-state index contributed by atoms with van der Waals surface area (Å²) in [6.45, 7) is 2.05. The Hall–Kier alpha value is -1.84. The molecule has 0 bridgehead atoms. The molecule has 0 aliphatic carbocycles. The predicted octanol–water partition coefficient (Wildman–Crippen LogP) is 2.96. The van der Waals surface area contributed by atoms with E-state index in [2.05, 4.69) is 17.4 Å². The standard InChI is InChI=1S/C12H14N2O2/c1-2-3-8-11(15)13-12-9-6-4-5-7-10(9)16-14-12/h4-7H,2-3,8H2,1H3,(H,13,14,15). The lowest BCUT2D eigenvalue weighted by Crippen LogP contribution is -2.11. The first-order valence-electron chi connectivity index (χ1n) is 5.45. The average molecular weight is 218 g/mol. The summed E-state index contributed by atoms with van der Waals surface area (Å²) < 4.78 is 5.09. The number of unbranched alkanes of at least 4 members (excludes halogenated alkanes) is 1. The van der Waals surface area contributed by atoms with Gasteiger partial charge in [-0.25, -0.2) is 0 Å². The summed E-state index contributed by atoms with van der Waals surface area (Å²) in [4.78, 5) is 11.5. The Kier molecular flexibility index (Phi) is 3.19. The number of hydrogen-bond acceptors (Lipinski definition) is 3. The molecule has 4 nitrogen and oxygen atoms in total. The van der Waals surface area contributed by atoms with Crippen LogP contribution in [0.3, 0.4) is 0 Å². The van der Waals surface area contributed by atoms with Crippen molar-refractivity contribution in [3.8, 4) is 0 Å². The molecule has 2 aromatic rings. The van der Waals surface area contributed by atoms with Crippen molar-refractivity contribution >= 4 is 22.7 Å². The first-order valence-corrected chi connectivity index (χ1v) is 5.45. The molecular weight excluding hydrogens is 204 g/mol. The Morgan fingerprint density at radius 3 is 3.06 bits per heavy atom. The van der Waals surface area contributed by atoms with E-state index in [4.69, 9.17) is 4.52 Å². The highest BCUT2D eigenvalue weighted by molar-refractivity contribution is 5.98. The van der Waals surface area contributed by atoms with E-state index in [9.17, 15) is 4.79 Å². The third kappa shape index (κ3) is 2.21. The molecule has 0 fully saturated rings. The molecule has 0 aliphatic heterocycles.